The van der Waals surface area contributed by atoms with Gasteiger partial charge in [-0.25, -0.2) is 0 Å². The van der Waals surface area contributed by atoms with Gasteiger partial charge in [0.05, 0.1) is 6.04 Å². The van der Waals surface area contributed by atoms with Crippen LogP contribution in [0.1, 0.15) is 24.1 Å². The van der Waals surface area contributed by atoms with E-state index in [1.807, 2.05) is 30.3 Å². The van der Waals surface area contributed by atoms with Crippen molar-refractivity contribution in [2.45, 2.75) is 18.7 Å². The molecule has 0 aromatic heterocycles. The molecule has 0 aliphatic heterocycles. The minimum absolute atomic E-state index is 0. The molecule has 0 fully saturated rings. The number of aliphatic imine (C=N–C) groups is 1. The van der Waals surface area contributed by atoms with Gasteiger partial charge in [-0.1, -0.05) is 72.8 Å². The molecule has 0 spiro atoms. The number of rotatable bonds is 7. The average molecular weight is 521 g/mol. The Bertz CT molecular complexity index is 957. The van der Waals surface area contributed by atoms with E-state index in [1.54, 1.807) is 7.05 Å². The van der Waals surface area contributed by atoms with E-state index in [1.165, 1.54) is 16.3 Å². The third-order valence-corrected chi connectivity index (χ3v) is 5.97. The molecule has 0 aliphatic carbocycles. The number of nitrogens with one attached hydrogen (secondary N) is 2. The molecule has 2 N–H and O–H groups in total. The van der Waals surface area contributed by atoms with E-state index < -0.39 is 10.8 Å². The molecule has 0 aliphatic rings. The summed E-state index contributed by atoms with van der Waals surface area (Å²) >= 11 is 0. The zero-order valence-corrected chi connectivity index (χ0v) is 19.9. The lowest BCUT2D eigenvalue weighted by molar-refractivity contribution is 0.677. The second-order valence-corrected chi connectivity index (χ2v) is 8.28. The van der Waals surface area contributed by atoms with E-state index in [0.717, 1.165) is 11.5 Å². The van der Waals surface area contributed by atoms with Crippen molar-refractivity contribution in [3.05, 3.63) is 83.9 Å². The van der Waals surface area contributed by atoms with Gasteiger partial charge in [-0.15, -0.1) is 24.0 Å². The summed E-state index contributed by atoms with van der Waals surface area (Å²) in [6.45, 7) is 2.74. The topological polar surface area (TPSA) is 53.5 Å². The first kappa shape index (κ1) is 23.3. The summed E-state index contributed by atoms with van der Waals surface area (Å²) in [4.78, 5) is 4.31. The Kier molecular flexibility index (Phi) is 9.60. The smallest absolute Gasteiger partial charge is 0.191 e. The predicted molar refractivity (Wildman–Crippen MR) is 135 cm³/mol. The number of hydrogen-bond acceptors (Lipinski definition) is 2. The molecule has 29 heavy (non-hydrogen) atoms. The van der Waals surface area contributed by atoms with Gasteiger partial charge in [0.15, 0.2) is 5.96 Å². The second kappa shape index (κ2) is 11.9. The first-order chi connectivity index (χ1) is 13.7. The summed E-state index contributed by atoms with van der Waals surface area (Å²) in [6, 6.07) is 24.8. The molecule has 4 nitrogen and oxygen atoms in total. The molecular formula is C23H28IN3OS. The predicted octanol–water partition coefficient (Wildman–Crippen LogP) is 4.63. The molecule has 0 saturated heterocycles. The number of halogens is 1. The first-order valence-corrected chi connectivity index (χ1v) is 11.0. The van der Waals surface area contributed by atoms with Gasteiger partial charge in [-0.2, -0.15) is 0 Å². The van der Waals surface area contributed by atoms with Crippen LogP contribution < -0.4 is 10.6 Å². The zero-order chi connectivity index (χ0) is 19.8. The summed E-state index contributed by atoms with van der Waals surface area (Å²) in [5.74, 6) is 1.89. The van der Waals surface area contributed by atoms with E-state index in [-0.39, 0.29) is 30.0 Å². The van der Waals surface area contributed by atoms with Crippen LogP contribution in [0, 0.1) is 0 Å². The number of nitrogens with zero attached hydrogens (tertiary/aromatic N) is 1. The summed E-state index contributed by atoms with van der Waals surface area (Å²) in [5, 5.41) is 9.19. The van der Waals surface area contributed by atoms with Crippen molar-refractivity contribution in [3.63, 3.8) is 0 Å². The standard InChI is InChI=1S/C23H27N3OS.HI/c1-18(21-14-8-12-20-11-6-7-13-22(20)21)26-23(24-2)25-15-16-28(27)17-19-9-4-3-5-10-19;/h3-14,18H,15-17H2,1-2H3,(H2,24,25,26);1H. The van der Waals surface area contributed by atoms with E-state index in [9.17, 15) is 4.21 Å². The number of guanidine groups is 1. The monoisotopic (exact) mass is 521 g/mol. The molecule has 0 heterocycles. The summed E-state index contributed by atoms with van der Waals surface area (Å²) in [7, 11) is 0.854. The van der Waals surface area contributed by atoms with Crippen molar-refractivity contribution in [2.24, 2.45) is 4.99 Å². The summed E-state index contributed by atoms with van der Waals surface area (Å²) < 4.78 is 12.3. The van der Waals surface area contributed by atoms with Crippen molar-refractivity contribution in [1.82, 2.24) is 10.6 Å². The van der Waals surface area contributed by atoms with Crippen LogP contribution in [0.2, 0.25) is 0 Å². The third kappa shape index (κ3) is 6.82. The highest BCUT2D eigenvalue weighted by Gasteiger charge is 2.11. The fourth-order valence-corrected chi connectivity index (χ4v) is 4.26. The van der Waals surface area contributed by atoms with Crippen LogP contribution in [0.25, 0.3) is 10.8 Å². The van der Waals surface area contributed by atoms with Crippen molar-refractivity contribution in [3.8, 4) is 0 Å². The third-order valence-electron chi connectivity index (χ3n) is 4.66. The molecule has 3 aromatic rings. The first-order valence-electron chi connectivity index (χ1n) is 9.51. The quantitative estimate of drug-likeness (QED) is 0.271. The molecule has 6 heteroatoms. The Balaban J connectivity index is 0.00000300. The van der Waals surface area contributed by atoms with Gasteiger partial charge in [0.25, 0.3) is 0 Å². The number of fused-ring (bicyclic) bond motifs is 1. The summed E-state index contributed by atoms with van der Waals surface area (Å²) in [5.41, 5.74) is 2.33. The Morgan fingerprint density at radius 1 is 1.00 bits per heavy atom. The lowest BCUT2D eigenvalue weighted by Crippen LogP contribution is -2.40. The van der Waals surface area contributed by atoms with Gasteiger partial charge in [0.1, 0.15) is 0 Å². The zero-order valence-electron chi connectivity index (χ0n) is 16.8. The Morgan fingerprint density at radius 3 is 2.45 bits per heavy atom. The van der Waals surface area contributed by atoms with Gasteiger partial charge in [0.2, 0.25) is 0 Å². The molecule has 0 amide bonds. The molecule has 0 radical (unpaired) electrons. The van der Waals surface area contributed by atoms with Gasteiger partial charge in [0, 0.05) is 35.9 Å². The fraction of sp³-hybridized carbons (Fsp3) is 0.261. The highest BCUT2D eigenvalue weighted by Crippen LogP contribution is 2.23. The molecule has 3 rings (SSSR count). The minimum atomic E-state index is -0.902. The minimum Gasteiger partial charge on any atom is -0.355 e. The second-order valence-electron chi connectivity index (χ2n) is 6.71. The van der Waals surface area contributed by atoms with Crippen molar-refractivity contribution < 1.29 is 4.21 Å². The highest BCUT2D eigenvalue weighted by molar-refractivity contribution is 14.0. The average Bonchev–Trinajstić information content (AvgIpc) is 2.73. The van der Waals surface area contributed by atoms with Crippen molar-refractivity contribution >= 4 is 51.5 Å². The van der Waals surface area contributed by atoms with Crippen LogP contribution in [-0.4, -0.2) is 29.5 Å². The number of benzene rings is 3. The van der Waals surface area contributed by atoms with Crippen molar-refractivity contribution in [1.29, 1.82) is 0 Å². The van der Waals surface area contributed by atoms with E-state index in [0.29, 0.717) is 18.1 Å². The lowest BCUT2D eigenvalue weighted by Gasteiger charge is -2.19. The Labute approximate surface area is 192 Å². The maximum absolute atomic E-state index is 12.3. The SMILES string of the molecule is CN=C(NCCS(=O)Cc1ccccc1)NC(C)c1cccc2ccccc12.I. The van der Waals surface area contributed by atoms with Crippen LogP contribution in [0.4, 0.5) is 0 Å². The maximum Gasteiger partial charge on any atom is 0.191 e. The van der Waals surface area contributed by atoms with Crippen LogP contribution >= 0.6 is 24.0 Å². The van der Waals surface area contributed by atoms with Crippen LogP contribution in [0.15, 0.2) is 77.8 Å². The Morgan fingerprint density at radius 2 is 1.69 bits per heavy atom. The number of hydrogen-bond donors (Lipinski definition) is 2. The molecule has 2 unspecified atom stereocenters. The Hall–Kier alpha value is -1.93. The molecule has 3 aromatic carbocycles. The van der Waals surface area contributed by atoms with Crippen molar-refractivity contribution in [2.75, 3.05) is 19.3 Å². The molecular weight excluding hydrogens is 493 g/mol. The van der Waals surface area contributed by atoms with Crippen LogP contribution in [0.5, 0.6) is 0 Å². The van der Waals surface area contributed by atoms with E-state index in [4.69, 9.17) is 0 Å². The van der Waals surface area contributed by atoms with Gasteiger partial charge >= 0.3 is 0 Å². The normalized spacial score (nSPS) is 13.4. The van der Waals surface area contributed by atoms with Crippen LogP contribution in [0.3, 0.4) is 0 Å². The molecule has 2 atom stereocenters. The molecule has 154 valence electrons. The van der Waals surface area contributed by atoms with Gasteiger partial charge < -0.3 is 10.6 Å². The molecule has 0 saturated carbocycles. The largest absolute Gasteiger partial charge is 0.355 e. The van der Waals surface area contributed by atoms with Gasteiger partial charge in [-0.3, -0.25) is 9.20 Å². The maximum atomic E-state index is 12.3. The fourth-order valence-electron chi connectivity index (χ4n) is 3.22. The summed E-state index contributed by atoms with van der Waals surface area (Å²) in [6.07, 6.45) is 0. The molecule has 0 bridgehead atoms. The van der Waals surface area contributed by atoms with Crippen LogP contribution in [-0.2, 0) is 16.6 Å². The lowest BCUT2D eigenvalue weighted by atomic mass is 10.00. The van der Waals surface area contributed by atoms with E-state index in [2.05, 4.69) is 65.0 Å². The van der Waals surface area contributed by atoms with Gasteiger partial charge in [-0.05, 0) is 28.8 Å². The highest BCUT2D eigenvalue weighted by atomic mass is 127. The van der Waals surface area contributed by atoms with E-state index >= 15 is 0 Å².